The molecule has 0 radical (unpaired) electrons. The van der Waals surface area contributed by atoms with Gasteiger partial charge in [-0.25, -0.2) is 4.98 Å². The minimum absolute atomic E-state index is 0.0303. The molecule has 0 spiro atoms. The van der Waals surface area contributed by atoms with Crippen molar-refractivity contribution in [1.82, 2.24) is 4.98 Å². The van der Waals surface area contributed by atoms with E-state index in [1.165, 1.54) is 28.0 Å². The van der Waals surface area contributed by atoms with Gasteiger partial charge in [-0.3, -0.25) is 4.79 Å². The number of carbonyl (C=O) groups excluding carboxylic acids is 1. The Morgan fingerprint density at radius 3 is 2.55 bits per heavy atom. The van der Waals surface area contributed by atoms with Crippen molar-refractivity contribution >= 4 is 32.6 Å². The van der Waals surface area contributed by atoms with E-state index in [9.17, 15) is 4.79 Å². The second-order valence-electron chi connectivity index (χ2n) is 5.66. The molecule has 0 saturated carbocycles. The lowest BCUT2D eigenvalue weighted by molar-refractivity contribution is -0.115. The van der Waals surface area contributed by atoms with Crippen LogP contribution in [0.25, 0.3) is 10.2 Å². The minimum atomic E-state index is -0.0303. The van der Waals surface area contributed by atoms with Gasteiger partial charge in [0.25, 0.3) is 0 Å². The zero-order valence-corrected chi connectivity index (χ0v) is 13.8. The number of aryl methyl sites for hydroxylation is 3. The molecule has 1 aromatic heterocycles. The lowest BCUT2D eigenvalue weighted by Crippen LogP contribution is -2.14. The highest BCUT2D eigenvalue weighted by molar-refractivity contribution is 7.22. The van der Waals surface area contributed by atoms with Crippen molar-refractivity contribution in [2.24, 2.45) is 0 Å². The summed E-state index contributed by atoms with van der Waals surface area (Å²) in [6.07, 6.45) is 0.369. The van der Waals surface area contributed by atoms with E-state index in [4.69, 9.17) is 0 Å². The molecule has 1 amide bonds. The number of carbonyl (C=O) groups is 1. The Morgan fingerprint density at radius 1 is 1.09 bits per heavy atom. The van der Waals surface area contributed by atoms with Crippen LogP contribution in [0.1, 0.15) is 22.3 Å². The van der Waals surface area contributed by atoms with Crippen molar-refractivity contribution in [3.8, 4) is 0 Å². The summed E-state index contributed by atoms with van der Waals surface area (Å²) in [6, 6.07) is 12.2. The number of benzene rings is 2. The number of hydrogen-bond acceptors (Lipinski definition) is 3. The fraction of sp³-hybridized carbons (Fsp3) is 0.222. The van der Waals surface area contributed by atoms with Gasteiger partial charge in [-0.1, -0.05) is 47.2 Å². The van der Waals surface area contributed by atoms with Crippen LogP contribution in [0.3, 0.4) is 0 Å². The largest absolute Gasteiger partial charge is 0.302 e. The average Bonchev–Trinajstić information content (AvgIpc) is 2.84. The topological polar surface area (TPSA) is 42.0 Å². The van der Waals surface area contributed by atoms with Crippen LogP contribution in [0, 0.1) is 20.8 Å². The summed E-state index contributed by atoms with van der Waals surface area (Å²) in [5.41, 5.74) is 5.55. The van der Waals surface area contributed by atoms with E-state index in [-0.39, 0.29) is 5.91 Å². The van der Waals surface area contributed by atoms with E-state index in [2.05, 4.69) is 36.3 Å². The highest BCUT2D eigenvalue weighted by Gasteiger charge is 2.10. The number of aromatic nitrogens is 1. The molecular weight excluding hydrogens is 292 g/mol. The van der Waals surface area contributed by atoms with Crippen LogP contribution in [-0.4, -0.2) is 10.9 Å². The molecular formula is C18H18N2OS. The number of nitrogens with zero attached hydrogens (tertiary/aromatic N) is 1. The third-order valence-electron chi connectivity index (χ3n) is 3.55. The molecule has 0 bridgehead atoms. The zero-order chi connectivity index (χ0) is 15.7. The van der Waals surface area contributed by atoms with Gasteiger partial charge in [-0.15, -0.1) is 0 Å². The van der Waals surface area contributed by atoms with Crippen LogP contribution in [0.5, 0.6) is 0 Å². The zero-order valence-electron chi connectivity index (χ0n) is 12.9. The second kappa shape index (κ2) is 5.89. The van der Waals surface area contributed by atoms with Gasteiger partial charge in [-0.2, -0.15) is 0 Å². The number of fused-ring (bicyclic) bond motifs is 1. The molecule has 0 unspecified atom stereocenters. The third kappa shape index (κ3) is 3.17. The van der Waals surface area contributed by atoms with E-state index in [0.717, 1.165) is 15.8 Å². The lowest BCUT2D eigenvalue weighted by Gasteiger charge is -2.02. The molecule has 0 fully saturated rings. The van der Waals surface area contributed by atoms with Gasteiger partial charge >= 0.3 is 0 Å². The maximum Gasteiger partial charge on any atom is 0.230 e. The van der Waals surface area contributed by atoms with Gasteiger partial charge in [0.05, 0.1) is 16.6 Å². The molecule has 112 valence electrons. The number of nitrogens with one attached hydrogen (secondary N) is 1. The van der Waals surface area contributed by atoms with Gasteiger partial charge in [0.1, 0.15) is 0 Å². The minimum Gasteiger partial charge on any atom is -0.302 e. The van der Waals surface area contributed by atoms with Gasteiger partial charge in [0.2, 0.25) is 5.91 Å². The second-order valence-corrected chi connectivity index (χ2v) is 6.66. The predicted octanol–water partition coefficient (Wildman–Crippen LogP) is 4.40. The van der Waals surface area contributed by atoms with Gasteiger partial charge in [0, 0.05) is 0 Å². The van der Waals surface area contributed by atoms with Gasteiger partial charge < -0.3 is 5.32 Å². The Hall–Kier alpha value is -2.20. The van der Waals surface area contributed by atoms with Crippen LogP contribution in [-0.2, 0) is 11.2 Å². The normalized spacial score (nSPS) is 10.9. The SMILES string of the molecule is Cc1ccc(CC(=O)Nc2nc3cc(C)cc(C)c3s2)cc1. The summed E-state index contributed by atoms with van der Waals surface area (Å²) in [6.45, 7) is 6.17. The maximum absolute atomic E-state index is 12.2. The molecule has 4 heteroatoms. The van der Waals surface area contributed by atoms with Crippen molar-refractivity contribution in [2.45, 2.75) is 27.2 Å². The van der Waals surface area contributed by atoms with Crippen LogP contribution in [0.4, 0.5) is 5.13 Å². The fourth-order valence-electron chi connectivity index (χ4n) is 2.48. The predicted molar refractivity (Wildman–Crippen MR) is 92.6 cm³/mol. The van der Waals surface area contributed by atoms with Crippen molar-refractivity contribution in [1.29, 1.82) is 0 Å². The van der Waals surface area contributed by atoms with E-state index in [0.29, 0.717) is 11.6 Å². The van der Waals surface area contributed by atoms with Crippen LogP contribution < -0.4 is 5.32 Å². The quantitative estimate of drug-likeness (QED) is 0.779. The van der Waals surface area contributed by atoms with Crippen LogP contribution in [0.15, 0.2) is 36.4 Å². The van der Waals surface area contributed by atoms with Crippen molar-refractivity contribution < 1.29 is 4.79 Å². The number of amides is 1. The van der Waals surface area contributed by atoms with Gasteiger partial charge in [0.15, 0.2) is 5.13 Å². The first-order valence-corrected chi connectivity index (χ1v) is 8.06. The Labute approximate surface area is 134 Å². The van der Waals surface area contributed by atoms with E-state index in [1.807, 2.05) is 31.2 Å². The Bertz CT molecular complexity index is 834. The summed E-state index contributed by atoms with van der Waals surface area (Å²) in [4.78, 5) is 16.7. The summed E-state index contributed by atoms with van der Waals surface area (Å²) < 4.78 is 1.14. The summed E-state index contributed by atoms with van der Waals surface area (Å²) in [5.74, 6) is -0.0303. The van der Waals surface area contributed by atoms with E-state index in [1.54, 1.807) is 0 Å². The first-order valence-electron chi connectivity index (χ1n) is 7.24. The fourth-order valence-corrected chi connectivity index (χ4v) is 3.42. The third-order valence-corrected chi connectivity index (χ3v) is 4.67. The van der Waals surface area contributed by atoms with Gasteiger partial charge in [-0.05, 0) is 43.5 Å². The molecule has 0 aliphatic carbocycles. The first kappa shape index (κ1) is 14.7. The Balaban J connectivity index is 1.76. The molecule has 3 aromatic rings. The Kier molecular flexibility index (Phi) is 3.94. The van der Waals surface area contributed by atoms with Crippen molar-refractivity contribution in [3.63, 3.8) is 0 Å². The smallest absolute Gasteiger partial charge is 0.230 e. The highest BCUT2D eigenvalue weighted by atomic mass is 32.1. The molecule has 0 aliphatic rings. The maximum atomic E-state index is 12.2. The van der Waals surface area contributed by atoms with Crippen molar-refractivity contribution in [3.05, 3.63) is 58.7 Å². The molecule has 1 heterocycles. The average molecular weight is 310 g/mol. The number of thiazole rings is 1. The molecule has 0 aliphatic heterocycles. The highest BCUT2D eigenvalue weighted by Crippen LogP contribution is 2.29. The van der Waals surface area contributed by atoms with E-state index >= 15 is 0 Å². The summed E-state index contributed by atoms with van der Waals surface area (Å²) in [7, 11) is 0. The first-order chi connectivity index (χ1) is 10.5. The molecule has 3 rings (SSSR count). The number of rotatable bonds is 3. The number of anilines is 1. The summed E-state index contributed by atoms with van der Waals surface area (Å²) in [5, 5.41) is 3.58. The number of hydrogen-bond donors (Lipinski definition) is 1. The van der Waals surface area contributed by atoms with E-state index < -0.39 is 0 Å². The monoisotopic (exact) mass is 310 g/mol. The van der Waals surface area contributed by atoms with Crippen molar-refractivity contribution in [2.75, 3.05) is 5.32 Å². The van der Waals surface area contributed by atoms with Crippen LogP contribution in [0.2, 0.25) is 0 Å². The molecule has 2 aromatic carbocycles. The molecule has 1 N–H and O–H groups in total. The standard InChI is InChI=1S/C18H18N2OS/c1-11-4-6-14(7-5-11)10-16(21)20-18-19-15-9-12(2)8-13(3)17(15)22-18/h4-9H,10H2,1-3H3,(H,19,20,21). The summed E-state index contributed by atoms with van der Waals surface area (Å²) >= 11 is 1.53. The van der Waals surface area contributed by atoms with Crippen LogP contribution >= 0.6 is 11.3 Å². The molecule has 22 heavy (non-hydrogen) atoms. The Morgan fingerprint density at radius 2 is 1.82 bits per heavy atom. The molecule has 0 saturated heterocycles. The molecule has 0 atom stereocenters. The lowest BCUT2D eigenvalue weighted by atomic mass is 10.1. The molecule has 3 nitrogen and oxygen atoms in total.